The monoisotopic (exact) mass is 215 g/mol. The molecule has 0 amide bonds. The smallest absolute Gasteiger partial charge is 0.307 e. The third kappa shape index (κ3) is 4.62. The molecule has 1 aliphatic rings. The minimum absolute atomic E-state index is 0.177. The molecule has 2 N–H and O–H groups in total. The lowest BCUT2D eigenvalue weighted by molar-refractivity contribution is -0.143. The highest BCUT2D eigenvalue weighted by molar-refractivity contribution is 5.69. The summed E-state index contributed by atoms with van der Waals surface area (Å²) in [5, 5.41) is 13.1. The van der Waals surface area contributed by atoms with Crippen molar-refractivity contribution >= 4 is 5.97 Å². The molecular formula is C11H21NO3. The lowest BCUT2D eigenvalue weighted by Gasteiger charge is -2.22. The van der Waals surface area contributed by atoms with Crippen molar-refractivity contribution in [1.29, 1.82) is 0 Å². The van der Waals surface area contributed by atoms with Gasteiger partial charge in [0.1, 0.15) is 0 Å². The molecule has 0 aliphatic heterocycles. The summed E-state index contributed by atoms with van der Waals surface area (Å²) in [6.45, 7) is 3.41. The first-order chi connectivity index (χ1) is 7.16. The van der Waals surface area contributed by atoms with Gasteiger partial charge in [-0.15, -0.1) is 0 Å². The zero-order valence-electron chi connectivity index (χ0n) is 9.42. The fourth-order valence-electron chi connectivity index (χ4n) is 1.95. The Bertz CT molecular complexity index is 200. The van der Waals surface area contributed by atoms with Crippen LogP contribution in [0.4, 0.5) is 0 Å². The summed E-state index contributed by atoms with van der Waals surface area (Å²) in [4.78, 5) is 11.0. The van der Waals surface area contributed by atoms with Gasteiger partial charge in [0, 0.05) is 13.1 Å². The van der Waals surface area contributed by atoms with Crippen molar-refractivity contribution in [1.82, 2.24) is 5.32 Å². The Morgan fingerprint density at radius 2 is 2.13 bits per heavy atom. The van der Waals surface area contributed by atoms with E-state index in [1.165, 1.54) is 0 Å². The van der Waals surface area contributed by atoms with Crippen LogP contribution in [0.15, 0.2) is 0 Å². The maximum Gasteiger partial charge on any atom is 0.307 e. The van der Waals surface area contributed by atoms with E-state index >= 15 is 0 Å². The first kappa shape index (κ1) is 12.5. The summed E-state index contributed by atoms with van der Waals surface area (Å²) in [5.41, 5.74) is -0.533. The number of aliphatic hydroxyl groups is 1. The third-order valence-corrected chi connectivity index (χ3v) is 2.80. The molecule has 0 atom stereocenters. The molecule has 0 heterocycles. The molecule has 0 saturated heterocycles. The quantitative estimate of drug-likeness (QED) is 0.509. The highest BCUT2D eigenvalue weighted by Crippen LogP contribution is 2.28. The van der Waals surface area contributed by atoms with Gasteiger partial charge >= 0.3 is 5.97 Å². The molecule has 0 aromatic carbocycles. The van der Waals surface area contributed by atoms with E-state index in [1.807, 2.05) is 0 Å². The van der Waals surface area contributed by atoms with Crippen molar-refractivity contribution in [2.75, 3.05) is 19.7 Å². The van der Waals surface area contributed by atoms with Crippen LogP contribution >= 0.6 is 0 Å². The number of nitrogens with one attached hydrogen (secondary N) is 1. The van der Waals surface area contributed by atoms with Crippen LogP contribution in [0.5, 0.6) is 0 Å². The molecule has 1 fully saturated rings. The van der Waals surface area contributed by atoms with Crippen LogP contribution in [0, 0.1) is 0 Å². The van der Waals surface area contributed by atoms with E-state index in [4.69, 9.17) is 4.74 Å². The number of esters is 1. The standard InChI is InChI=1S/C11H21NO3/c1-2-15-10(13)5-8-12-9-11(14)6-3-4-7-11/h12,14H,2-9H2,1H3. The molecule has 1 aliphatic carbocycles. The van der Waals surface area contributed by atoms with E-state index in [9.17, 15) is 9.90 Å². The lowest BCUT2D eigenvalue weighted by Crippen LogP contribution is -2.38. The normalized spacial score (nSPS) is 19.1. The number of ether oxygens (including phenoxy) is 1. The summed E-state index contributed by atoms with van der Waals surface area (Å²) >= 11 is 0. The number of hydrogen-bond donors (Lipinski definition) is 2. The second kappa shape index (κ2) is 6.08. The Morgan fingerprint density at radius 3 is 2.73 bits per heavy atom. The zero-order chi connectivity index (χ0) is 11.1. The SMILES string of the molecule is CCOC(=O)CCNCC1(O)CCCC1. The number of rotatable bonds is 6. The molecule has 0 radical (unpaired) electrons. The van der Waals surface area contributed by atoms with Crippen LogP contribution in [0.3, 0.4) is 0 Å². The maximum atomic E-state index is 11.0. The first-order valence-corrected chi connectivity index (χ1v) is 5.75. The molecule has 0 unspecified atom stereocenters. The Kier molecular flexibility index (Phi) is 5.05. The molecule has 1 saturated carbocycles. The third-order valence-electron chi connectivity index (χ3n) is 2.80. The van der Waals surface area contributed by atoms with Crippen LogP contribution in [-0.4, -0.2) is 36.4 Å². The molecule has 15 heavy (non-hydrogen) atoms. The van der Waals surface area contributed by atoms with Gasteiger partial charge < -0.3 is 15.2 Å². The highest BCUT2D eigenvalue weighted by Gasteiger charge is 2.30. The van der Waals surface area contributed by atoms with Gasteiger partial charge in [0.2, 0.25) is 0 Å². The molecule has 0 spiro atoms. The van der Waals surface area contributed by atoms with Crippen molar-refractivity contribution in [3.05, 3.63) is 0 Å². The number of carbonyl (C=O) groups excluding carboxylic acids is 1. The van der Waals surface area contributed by atoms with E-state index in [0.29, 0.717) is 26.1 Å². The largest absolute Gasteiger partial charge is 0.466 e. The van der Waals surface area contributed by atoms with Crippen LogP contribution in [0.2, 0.25) is 0 Å². The van der Waals surface area contributed by atoms with Gasteiger partial charge in [0.05, 0.1) is 18.6 Å². The van der Waals surface area contributed by atoms with Crippen LogP contribution < -0.4 is 5.32 Å². The Morgan fingerprint density at radius 1 is 1.47 bits per heavy atom. The van der Waals surface area contributed by atoms with Gasteiger partial charge in [0.25, 0.3) is 0 Å². The topological polar surface area (TPSA) is 58.6 Å². The predicted octanol–water partition coefficient (Wildman–Crippen LogP) is 0.834. The Hall–Kier alpha value is -0.610. The van der Waals surface area contributed by atoms with Gasteiger partial charge in [-0.1, -0.05) is 12.8 Å². The molecule has 0 bridgehead atoms. The second-order valence-corrected chi connectivity index (χ2v) is 4.16. The van der Waals surface area contributed by atoms with Gasteiger partial charge in [-0.3, -0.25) is 4.79 Å². The Labute approximate surface area is 91.0 Å². The van der Waals surface area contributed by atoms with Crippen LogP contribution in [0.1, 0.15) is 39.0 Å². The zero-order valence-corrected chi connectivity index (χ0v) is 9.42. The molecule has 88 valence electrons. The summed E-state index contributed by atoms with van der Waals surface area (Å²) in [6, 6.07) is 0. The van der Waals surface area contributed by atoms with Crippen molar-refractivity contribution in [3.63, 3.8) is 0 Å². The molecule has 0 aromatic rings. The first-order valence-electron chi connectivity index (χ1n) is 5.75. The van der Waals surface area contributed by atoms with Crippen molar-refractivity contribution in [3.8, 4) is 0 Å². The fraction of sp³-hybridized carbons (Fsp3) is 0.909. The van der Waals surface area contributed by atoms with Crippen LogP contribution in [0.25, 0.3) is 0 Å². The van der Waals surface area contributed by atoms with Gasteiger partial charge in [0.15, 0.2) is 0 Å². The summed E-state index contributed by atoms with van der Waals surface area (Å²) < 4.78 is 4.80. The number of hydrogen-bond acceptors (Lipinski definition) is 4. The summed E-state index contributed by atoms with van der Waals surface area (Å²) in [7, 11) is 0. The minimum atomic E-state index is -0.533. The average Bonchev–Trinajstić information content (AvgIpc) is 2.61. The van der Waals surface area contributed by atoms with E-state index in [0.717, 1.165) is 25.7 Å². The van der Waals surface area contributed by atoms with E-state index in [-0.39, 0.29) is 5.97 Å². The maximum absolute atomic E-state index is 11.0. The summed E-state index contributed by atoms with van der Waals surface area (Å²) in [5.74, 6) is -0.177. The van der Waals surface area contributed by atoms with Crippen molar-refractivity contribution < 1.29 is 14.6 Å². The van der Waals surface area contributed by atoms with Crippen LogP contribution in [-0.2, 0) is 9.53 Å². The van der Waals surface area contributed by atoms with E-state index in [1.54, 1.807) is 6.92 Å². The molecule has 1 rings (SSSR count). The van der Waals surface area contributed by atoms with Gasteiger partial charge in [-0.05, 0) is 19.8 Å². The molecule has 4 heteroatoms. The Balaban J connectivity index is 2.03. The number of carbonyl (C=O) groups is 1. The summed E-state index contributed by atoms with van der Waals surface area (Å²) in [6.07, 6.45) is 4.34. The van der Waals surface area contributed by atoms with Gasteiger partial charge in [-0.25, -0.2) is 0 Å². The van der Waals surface area contributed by atoms with Crippen molar-refractivity contribution in [2.24, 2.45) is 0 Å². The lowest BCUT2D eigenvalue weighted by atomic mass is 10.0. The highest BCUT2D eigenvalue weighted by atomic mass is 16.5. The van der Waals surface area contributed by atoms with Gasteiger partial charge in [-0.2, -0.15) is 0 Å². The fourth-order valence-corrected chi connectivity index (χ4v) is 1.95. The predicted molar refractivity (Wildman–Crippen MR) is 57.5 cm³/mol. The second-order valence-electron chi connectivity index (χ2n) is 4.16. The average molecular weight is 215 g/mol. The minimum Gasteiger partial charge on any atom is -0.466 e. The molecular weight excluding hydrogens is 194 g/mol. The van der Waals surface area contributed by atoms with Crippen molar-refractivity contribution in [2.45, 2.75) is 44.6 Å². The van der Waals surface area contributed by atoms with E-state index in [2.05, 4.69) is 5.32 Å². The molecule has 4 nitrogen and oxygen atoms in total. The molecule has 0 aromatic heterocycles. The van der Waals surface area contributed by atoms with E-state index < -0.39 is 5.60 Å².